The van der Waals surface area contributed by atoms with Gasteiger partial charge in [-0.15, -0.1) is 0 Å². The molecule has 0 atom stereocenters. The lowest BCUT2D eigenvalue weighted by atomic mass is 10.0. The van der Waals surface area contributed by atoms with Gasteiger partial charge in [-0.2, -0.15) is 14.9 Å². The van der Waals surface area contributed by atoms with Gasteiger partial charge in [-0.1, -0.05) is 97.1 Å². The summed E-state index contributed by atoms with van der Waals surface area (Å²) in [6, 6.07) is 33.3. The quantitative estimate of drug-likeness (QED) is 0.270. The van der Waals surface area contributed by atoms with Crippen molar-refractivity contribution in [1.82, 2.24) is 14.9 Å². The molecule has 0 amide bonds. The van der Waals surface area contributed by atoms with E-state index in [1.54, 1.807) is 4.68 Å². The fourth-order valence-electron chi connectivity index (χ4n) is 3.69. The van der Waals surface area contributed by atoms with E-state index in [0.717, 1.165) is 11.4 Å². The highest BCUT2D eigenvalue weighted by Gasteiger charge is 2.09. The highest BCUT2D eigenvalue weighted by Crippen LogP contribution is 2.21. The molecule has 1 N–H and O–H groups in total. The number of rotatable bonds is 5. The number of H-pyrrole nitrogens is 1. The van der Waals surface area contributed by atoms with E-state index >= 15 is 0 Å². The summed E-state index contributed by atoms with van der Waals surface area (Å²) in [6.07, 6.45) is 2.45. The van der Waals surface area contributed by atoms with Crippen LogP contribution in [-0.4, -0.2) is 21.1 Å². The van der Waals surface area contributed by atoms with Gasteiger partial charge in [0.2, 0.25) is 4.77 Å². The van der Waals surface area contributed by atoms with Crippen LogP contribution in [-0.2, 0) is 6.42 Å². The number of fused-ring (bicyclic) bond motifs is 1. The van der Waals surface area contributed by atoms with Crippen molar-refractivity contribution in [2.24, 2.45) is 5.10 Å². The van der Waals surface area contributed by atoms with E-state index in [9.17, 15) is 0 Å². The molecule has 4 aromatic carbocycles. The first-order chi connectivity index (χ1) is 15.3. The Kier molecular flexibility index (Phi) is 5.25. The van der Waals surface area contributed by atoms with E-state index < -0.39 is 0 Å². The fourth-order valence-corrected chi connectivity index (χ4v) is 3.89. The van der Waals surface area contributed by atoms with Crippen LogP contribution in [0, 0.1) is 4.77 Å². The molecule has 5 aromatic rings. The molecule has 0 bridgehead atoms. The minimum Gasteiger partial charge on any atom is -0.250 e. The van der Waals surface area contributed by atoms with Gasteiger partial charge in [-0.05, 0) is 45.2 Å². The van der Waals surface area contributed by atoms with Gasteiger partial charge >= 0.3 is 0 Å². The zero-order valence-electron chi connectivity index (χ0n) is 16.8. The van der Waals surface area contributed by atoms with Gasteiger partial charge in [0.25, 0.3) is 0 Å². The molecule has 0 saturated heterocycles. The molecule has 0 aliphatic heterocycles. The van der Waals surface area contributed by atoms with E-state index in [-0.39, 0.29) is 0 Å². The molecule has 150 valence electrons. The zero-order chi connectivity index (χ0) is 21.0. The van der Waals surface area contributed by atoms with Crippen LogP contribution in [0.1, 0.15) is 17.0 Å². The number of hydrogen-bond acceptors (Lipinski definition) is 3. The number of hydrogen-bond donors (Lipinski definition) is 1. The van der Waals surface area contributed by atoms with E-state index in [0.29, 0.717) is 11.2 Å². The Morgan fingerprint density at radius 2 is 1.52 bits per heavy atom. The standard InChI is InChI=1S/C26H20N4S/c31-26-29-28-25(17-23-11-6-10-22-9-4-5-12-24(22)23)30(26)27-18-19-13-15-21(16-14-19)20-7-2-1-3-8-20/h1-16,18H,17H2,(H,29,31)/b27-18+. The normalized spacial score (nSPS) is 11.4. The van der Waals surface area contributed by atoms with Crippen molar-refractivity contribution in [2.75, 3.05) is 0 Å². The van der Waals surface area contributed by atoms with E-state index in [2.05, 4.69) is 94.2 Å². The third kappa shape index (κ3) is 4.09. The van der Waals surface area contributed by atoms with E-state index in [1.165, 1.54) is 27.5 Å². The molecule has 5 rings (SSSR count). The van der Waals surface area contributed by atoms with Crippen molar-refractivity contribution in [3.05, 3.63) is 119 Å². The number of nitrogens with zero attached hydrogens (tertiary/aromatic N) is 3. The molecule has 0 spiro atoms. The second kappa shape index (κ2) is 8.50. The lowest BCUT2D eigenvalue weighted by molar-refractivity contribution is 0.793. The maximum Gasteiger partial charge on any atom is 0.216 e. The maximum atomic E-state index is 5.42. The van der Waals surface area contributed by atoms with Crippen molar-refractivity contribution in [2.45, 2.75) is 6.42 Å². The van der Waals surface area contributed by atoms with Gasteiger partial charge in [-0.3, -0.25) is 5.10 Å². The topological polar surface area (TPSA) is 46.0 Å². The molecule has 1 aromatic heterocycles. The second-order valence-corrected chi connectivity index (χ2v) is 7.69. The van der Waals surface area contributed by atoms with Crippen LogP contribution in [0.2, 0.25) is 0 Å². The SMILES string of the molecule is S=c1[nH]nc(Cc2cccc3ccccc23)n1/N=C/c1ccc(-c2ccccc2)cc1. The summed E-state index contributed by atoms with van der Waals surface area (Å²) in [6.45, 7) is 0. The van der Waals surface area contributed by atoms with Crippen LogP contribution in [0.5, 0.6) is 0 Å². The zero-order valence-corrected chi connectivity index (χ0v) is 17.6. The highest BCUT2D eigenvalue weighted by molar-refractivity contribution is 7.71. The van der Waals surface area contributed by atoms with Gasteiger partial charge < -0.3 is 0 Å². The van der Waals surface area contributed by atoms with Crippen LogP contribution in [0.25, 0.3) is 21.9 Å². The first-order valence-electron chi connectivity index (χ1n) is 10.1. The predicted octanol–water partition coefficient (Wildman–Crippen LogP) is 6.23. The van der Waals surface area contributed by atoms with E-state index in [1.807, 2.05) is 24.4 Å². The molecular formula is C26H20N4S. The Morgan fingerprint density at radius 1 is 0.806 bits per heavy atom. The predicted molar refractivity (Wildman–Crippen MR) is 129 cm³/mol. The molecule has 0 saturated carbocycles. The number of aromatic amines is 1. The minimum atomic E-state index is 0.479. The molecule has 0 aliphatic carbocycles. The van der Waals surface area contributed by atoms with Crippen LogP contribution in [0.3, 0.4) is 0 Å². The number of benzene rings is 4. The Hall–Kier alpha value is -3.83. The molecule has 0 fully saturated rings. The first-order valence-corrected chi connectivity index (χ1v) is 10.5. The fraction of sp³-hybridized carbons (Fsp3) is 0.0385. The largest absolute Gasteiger partial charge is 0.250 e. The van der Waals surface area contributed by atoms with Gasteiger partial charge in [0.15, 0.2) is 5.82 Å². The van der Waals surface area contributed by atoms with Crippen molar-refractivity contribution in [1.29, 1.82) is 0 Å². The van der Waals surface area contributed by atoms with Crippen LogP contribution in [0.4, 0.5) is 0 Å². The Morgan fingerprint density at radius 3 is 2.35 bits per heavy atom. The lowest BCUT2D eigenvalue weighted by Gasteiger charge is -2.06. The summed E-state index contributed by atoms with van der Waals surface area (Å²) in [5.74, 6) is 0.776. The van der Waals surface area contributed by atoms with Crippen molar-refractivity contribution in [3.63, 3.8) is 0 Å². The summed E-state index contributed by atoms with van der Waals surface area (Å²) in [7, 11) is 0. The molecule has 0 aliphatic rings. The lowest BCUT2D eigenvalue weighted by Crippen LogP contribution is -2.01. The third-order valence-corrected chi connectivity index (χ3v) is 5.55. The van der Waals surface area contributed by atoms with Crippen LogP contribution < -0.4 is 0 Å². The van der Waals surface area contributed by atoms with Crippen molar-refractivity contribution in [3.8, 4) is 11.1 Å². The van der Waals surface area contributed by atoms with Gasteiger partial charge in [0.05, 0.1) is 6.21 Å². The molecule has 0 unspecified atom stereocenters. The molecule has 4 nitrogen and oxygen atoms in total. The summed E-state index contributed by atoms with van der Waals surface area (Å²) in [5, 5.41) is 14.3. The molecule has 1 heterocycles. The molecule has 5 heteroatoms. The van der Waals surface area contributed by atoms with Crippen LogP contribution in [0.15, 0.2) is 102 Å². The average Bonchev–Trinajstić information content (AvgIpc) is 3.18. The summed E-state index contributed by atoms with van der Waals surface area (Å²) >= 11 is 5.42. The van der Waals surface area contributed by atoms with Crippen LogP contribution >= 0.6 is 12.2 Å². The third-order valence-electron chi connectivity index (χ3n) is 5.29. The first kappa shape index (κ1) is 19.2. The summed E-state index contributed by atoms with van der Waals surface area (Å²) < 4.78 is 2.18. The summed E-state index contributed by atoms with van der Waals surface area (Å²) in [4.78, 5) is 0. The molecular weight excluding hydrogens is 400 g/mol. The van der Waals surface area contributed by atoms with Gasteiger partial charge in [0.1, 0.15) is 0 Å². The van der Waals surface area contributed by atoms with Crippen molar-refractivity contribution >= 4 is 29.2 Å². The van der Waals surface area contributed by atoms with Gasteiger partial charge in [0, 0.05) is 6.42 Å². The maximum absolute atomic E-state index is 5.42. The Labute approximate surface area is 185 Å². The van der Waals surface area contributed by atoms with E-state index in [4.69, 9.17) is 12.2 Å². The molecule has 0 radical (unpaired) electrons. The smallest absolute Gasteiger partial charge is 0.216 e. The summed E-state index contributed by atoms with van der Waals surface area (Å²) in [5.41, 5.74) is 4.56. The second-order valence-electron chi connectivity index (χ2n) is 7.30. The minimum absolute atomic E-state index is 0.479. The van der Waals surface area contributed by atoms with Gasteiger partial charge in [-0.25, -0.2) is 0 Å². The number of aromatic nitrogens is 3. The Balaban J connectivity index is 1.41. The number of nitrogens with one attached hydrogen (secondary N) is 1. The average molecular weight is 421 g/mol. The highest BCUT2D eigenvalue weighted by atomic mass is 32.1. The van der Waals surface area contributed by atoms with Crippen molar-refractivity contribution < 1.29 is 0 Å². The monoisotopic (exact) mass is 420 g/mol. The Bertz CT molecular complexity index is 1410. The molecule has 31 heavy (non-hydrogen) atoms.